The standard InChI is InChI=1S/C14H11N3O/c1-17-7-12(11-4-2-3-5-14(11)17)13-6-10(8-18)15-9-16-13/h2-9H,1H3. The minimum absolute atomic E-state index is 0.396. The van der Waals surface area contributed by atoms with Crippen LogP contribution in [0.3, 0.4) is 0 Å². The van der Waals surface area contributed by atoms with Crippen molar-refractivity contribution in [2.45, 2.75) is 0 Å². The highest BCUT2D eigenvalue weighted by Crippen LogP contribution is 2.28. The molecule has 0 aliphatic rings. The number of hydrogen-bond donors (Lipinski definition) is 0. The Labute approximate surface area is 104 Å². The molecule has 4 heteroatoms. The van der Waals surface area contributed by atoms with E-state index in [1.165, 1.54) is 6.33 Å². The average Bonchev–Trinajstić information content (AvgIpc) is 2.77. The summed E-state index contributed by atoms with van der Waals surface area (Å²) in [6, 6.07) is 9.80. The second-order valence-electron chi connectivity index (χ2n) is 4.12. The van der Waals surface area contributed by atoms with Crippen molar-refractivity contribution in [3.8, 4) is 11.3 Å². The predicted molar refractivity (Wildman–Crippen MR) is 69.3 cm³/mol. The van der Waals surface area contributed by atoms with Gasteiger partial charge in [-0.15, -0.1) is 0 Å². The Hall–Kier alpha value is -2.49. The third-order valence-electron chi connectivity index (χ3n) is 2.98. The van der Waals surface area contributed by atoms with E-state index < -0.39 is 0 Å². The van der Waals surface area contributed by atoms with Crippen LogP contribution in [0.1, 0.15) is 10.5 Å². The first-order valence-electron chi connectivity index (χ1n) is 5.61. The Kier molecular flexibility index (Phi) is 2.41. The zero-order valence-corrected chi connectivity index (χ0v) is 9.87. The molecule has 0 saturated heterocycles. The van der Waals surface area contributed by atoms with Crippen LogP contribution in [0.25, 0.3) is 22.2 Å². The molecule has 0 N–H and O–H groups in total. The van der Waals surface area contributed by atoms with E-state index in [0.29, 0.717) is 5.69 Å². The molecule has 18 heavy (non-hydrogen) atoms. The monoisotopic (exact) mass is 237 g/mol. The van der Waals surface area contributed by atoms with Gasteiger partial charge in [0, 0.05) is 29.7 Å². The number of carbonyl (C=O) groups is 1. The van der Waals surface area contributed by atoms with Gasteiger partial charge in [0.15, 0.2) is 6.29 Å². The molecule has 1 aromatic carbocycles. The van der Waals surface area contributed by atoms with Gasteiger partial charge < -0.3 is 4.57 Å². The summed E-state index contributed by atoms with van der Waals surface area (Å²) in [5.41, 5.74) is 3.31. The first-order valence-corrected chi connectivity index (χ1v) is 5.61. The van der Waals surface area contributed by atoms with Crippen LogP contribution in [0.4, 0.5) is 0 Å². The minimum Gasteiger partial charge on any atom is -0.350 e. The summed E-state index contributed by atoms with van der Waals surface area (Å²) in [6.45, 7) is 0. The van der Waals surface area contributed by atoms with Crippen LogP contribution in [-0.4, -0.2) is 20.8 Å². The van der Waals surface area contributed by atoms with E-state index in [4.69, 9.17) is 0 Å². The topological polar surface area (TPSA) is 47.8 Å². The molecule has 0 spiro atoms. The third-order valence-corrected chi connectivity index (χ3v) is 2.98. The molecule has 0 radical (unpaired) electrons. The van der Waals surface area contributed by atoms with Crippen molar-refractivity contribution in [1.29, 1.82) is 0 Å². The molecule has 3 rings (SSSR count). The molecule has 88 valence electrons. The van der Waals surface area contributed by atoms with Crippen LogP contribution >= 0.6 is 0 Å². The molecule has 2 aromatic heterocycles. The number of rotatable bonds is 2. The van der Waals surface area contributed by atoms with E-state index in [-0.39, 0.29) is 0 Å². The van der Waals surface area contributed by atoms with Crippen molar-refractivity contribution in [3.05, 3.63) is 48.5 Å². The van der Waals surface area contributed by atoms with Gasteiger partial charge >= 0.3 is 0 Å². The minimum atomic E-state index is 0.396. The van der Waals surface area contributed by atoms with Crippen molar-refractivity contribution >= 4 is 17.2 Å². The molecule has 0 aliphatic carbocycles. The van der Waals surface area contributed by atoms with Crippen LogP contribution in [0.2, 0.25) is 0 Å². The number of hydrogen-bond acceptors (Lipinski definition) is 3. The van der Waals surface area contributed by atoms with Gasteiger partial charge in [-0.05, 0) is 12.1 Å². The van der Waals surface area contributed by atoms with Crippen molar-refractivity contribution in [2.24, 2.45) is 7.05 Å². The lowest BCUT2D eigenvalue weighted by Crippen LogP contribution is -1.90. The highest BCUT2D eigenvalue weighted by molar-refractivity contribution is 5.95. The van der Waals surface area contributed by atoms with E-state index in [1.54, 1.807) is 6.07 Å². The van der Waals surface area contributed by atoms with Gasteiger partial charge in [0.1, 0.15) is 12.0 Å². The second-order valence-corrected chi connectivity index (χ2v) is 4.12. The maximum Gasteiger partial charge on any atom is 0.168 e. The highest BCUT2D eigenvalue weighted by Gasteiger charge is 2.09. The van der Waals surface area contributed by atoms with Gasteiger partial charge in [0.25, 0.3) is 0 Å². The number of aldehydes is 1. The summed E-state index contributed by atoms with van der Waals surface area (Å²) >= 11 is 0. The van der Waals surface area contributed by atoms with Crippen molar-refractivity contribution in [2.75, 3.05) is 0 Å². The van der Waals surface area contributed by atoms with E-state index in [1.807, 2.05) is 36.0 Å². The van der Waals surface area contributed by atoms with Crippen LogP contribution in [-0.2, 0) is 7.05 Å². The van der Waals surface area contributed by atoms with Gasteiger partial charge in [0.2, 0.25) is 0 Å². The van der Waals surface area contributed by atoms with Gasteiger partial charge in [-0.1, -0.05) is 18.2 Å². The van der Waals surface area contributed by atoms with E-state index in [9.17, 15) is 4.79 Å². The zero-order valence-electron chi connectivity index (χ0n) is 9.87. The first-order chi connectivity index (χ1) is 8.79. The van der Waals surface area contributed by atoms with Crippen molar-refractivity contribution in [1.82, 2.24) is 14.5 Å². The van der Waals surface area contributed by atoms with E-state index in [2.05, 4.69) is 16.0 Å². The lowest BCUT2D eigenvalue weighted by molar-refractivity contribution is 0.111. The quantitative estimate of drug-likeness (QED) is 0.643. The molecule has 0 saturated carbocycles. The Bertz CT molecular complexity index is 731. The fourth-order valence-corrected chi connectivity index (χ4v) is 2.13. The number of nitrogens with zero attached hydrogens (tertiary/aromatic N) is 3. The molecule has 0 unspecified atom stereocenters. The fourth-order valence-electron chi connectivity index (χ4n) is 2.13. The van der Waals surface area contributed by atoms with Crippen LogP contribution in [0, 0.1) is 0 Å². The lowest BCUT2D eigenvalue weighted by Gasteiger charge is -1.98. The van der Waals surface area contributed by atoms with Crippen LogP contribution in [0.15, 0.2) is 42.9 Å². The van der Waals surface area contributed by atoms with Crippen LogP contribution < -0.4 is 0 Å². The molecule has 4 nitrogen and oxygen atoms in total. The maximum absolute atomic E-state index is 10.8. The molecule has 3 aromatic rings. The number of para-hydroxylation sites is 1. The molecule has 0 fully saturated rings. The normalized spacial score (nSPS) is 10.7. The van der Waals surface area contributed by atoms with Gasteiger partial charge in [0.05, 0.1) is 5.69 Å². The van der Waals surface area contributed by atoms with Gasteiger partial charge in [-0.3, -0.25) is 4.79 Å². The smallest absolute Gasteiger partial charge is 0.168 e. The number of fused-ring (bicyclic) bond motifs is 1. The summed E-state index contributed by atoms with van der Waals surface area (Å²) in [7, 11) is 1.99. The molecule has 0 amide bonds. The summed E-state index contributed by atoms with van der Waals surface area (Å²) in [4.78, 5) is 18.9. The van der Waals surface area contributed by atoms with Gasteiger partial charge in [-0.2, -0.15) is 0 Å². The molecular weight excluding hydrogens is 226 g/mol. The van der Waals surface area contributed by atoms with Crippen LogP contribution in [0.5, 0.6) is 0 Å². The first kappa shape index (κ1) is 10.7. The van der Waals surface area contributed by atoms with E-state index >= 15 is 0 Å². The average molecular weight is 237 g/mol. The number of aryl methyl sites for hydroxylation is 1. The molecule has 0 aliphatic heterocycles. The summed E-state index contributed by atoms with van der Waals surface area (Å²) in [5, 5.41) is 1.12. The Morgan fingerprint density at radius 3 is 2.89 bits per heavy atom. The van der Waals surface area contributed by atoms with Crippen molar-refractivity contribution in [3.63, 3.8) is 0 Å². The number of carbonyl (C=O) groups excluding carboxylic acids is 1. The largest absolute Gasteiger partial charge is 0.350 e. The van der Waals surface area contributed by atoms with Crippen molar-refractivity contribution < 1.29 is 4.79 Å². The molecule has 0 bridgehead atoms. The summed E-state index contributed by atoms with van der Waals surface area (Å²) < 4.78 is 2.05. The summed E-state index contributed by atoms with van der Waals surface area (Å²) in [6.07, 6.45) is 4.17. The Morgan fingerprint density at radius 2 is 2.06 bits per heavy atom. The number of benzene rings is 1. The predicted octanol–water partition coefficient (Wildman–Crippen LogP) is 2.45. The SMILES string of the molecule is Cn1cc(-c2cc(C=O)ncn2)c2ccccc21. The number of aromatic nitrogens is 3. The third kappa shape index (κ3) is 1.59. The Balaban J connectivity index is 2.28. The zero-order chi connectivity index (χ0) is 12.5. The summed E-state index contributed by atoms with van der Waals surface area (Å²) in [5.74, 6) is 0. The maximum atomic E-state index is 10.8. The molecule has 2 heterocycles. The second kappa shape index (κ2) is 4.07. The molecular formula is C14H11N3O. The highest BCUT2D eigenvalue weighted by atomic mass is 16.1. The Morgan fingerprint density at radius 1 is 1.22 bits per heavy atom. The van der Waals surface area contributed by atoms with E-state index in [0.717, 1.165) is 28.4 Å². The lowest BCUT2D eigenvalue weighted by atomic mass is 10.1. The molecule has 0 atom stereocenters. The fraction of sp³-hybridized carbons (Fsp3) is 0.0714. The van der Waals surface area contributed by atoms with Gasteiger partial charge in [-0.25, -0.2) is 9.97 Å².